The second kappa shape index (κ2) is 6.20. The van der Waals surface area contributed by atoms with Crippen LogP contribution in [0.3, 0.4) is 0 Å². The van der Waals surface area contributed by atoms with Gasteiger partial charge in [0.05, 0.1) is 26.5 Å². The maximum Gasteiger partial charge on any atom is 0.256 e. The molecule has 1 heterocycles. The van der Waals surface area contributed by atoms with Crippen LogP contribution in [0.1, 0.15) is 10.4 Å². The fourth-order valence-corrected chi connectivity index (χ4v) is 3.70. The van der Waals surface area contributed by atoms with Gasteiger partial charge in [0.2, 0.25) is 0 Å². The van der Waals surface area contributed by atoms with Crippen molar-refractivity contribution in [3.63, 3.8) is 0 Å². The molecular weight excluding hydrogens is 486 g/mol. The van der Waals surface area contributed by atoms with E-state index in [4.69, 9.17) is 11.6 Å². The number of carbonyl (C=O) groups excluding carboxylic acids is 1. The summed E-state index contributed by atoms with van der Waals surface area (Å²) in [5.74, 6) is -0.205. The lowest BCUT2D eigenvalue weighted by Crippen LogP contribution is -2.14. The fourth-order valence-electron chi connectivity index (χ4n) is 1.88. The molecular formula is C14H7BrClIN2OS. The van der Waals surface area contributed by atoms with Crippen molar-refractivity contribution >= 4 is 83.3 Å². The van der Waals surface area contributed by atoms with Gasteiger partial charge in [-0.3, -0.25) is 4.79 Å². The van der Waals surface area contributed by atoms with E-state index >= 15 is 0 Å². The van der Waals surface area contributed by atoms with Gasteiger partial charge in [0, 0.05) is 8.04 Å². The van der Waals surface area contributed by atoms with Crippen LogP contribution in [0.4, 0.5) is 5.69 Å². The van der Waals surface area contributed by atoms with Gasteiger partial charge in [-0.05, 0) is 52.9 Å². The summed E-state index contributed by atoms with van der Waals surface area (Å²) in [6.45, 7) is 0. The average molecular weight is 494 g/mol. The summed E-state index contributed by atoms with van der Waals surface area (Å²) in [4.78, 5) is 16.8. The average Bonchev–Trinajstić information content (AvgIpc) is 2.93. The molecule has 0 aliphatic heterocycles. The molecule has 3 rings (SSSR count). The number of thiazole rings is 1. The van der Waals surface area contributed by atoms with Crippen molar-refractivity contribution in [1.29, 1.82) is 0 Å². The molecule has 7 heteroatoms. The molecule has 0 atom stereocenters. The lowest BCUT2D eigenvalue weighted by molar-refractivity contribution is 0.102. The smallest absolute Gasteiger partial charge is 0.256 e. The van der Waals surface area contributed by atoms with Crippen LogP contribution in [0, 0.1) is 3.57 Å². The highest BCUT2D eigenvalue weighted by Gasteiger charge is 2.15. The summed E-state index contributed by atoms with van der Waals surface area (Å²) in [5, 5.41) is 3.35. The Morgan fingerprint density at radius 1 is 1.33 bits per heavy atom. The number of nitrogens with zero attached hydrogens (tertiary/aromatic N) is 1. The largest absolute Gasteiger partial charge is 0.319 e. The van der Waals surface area contributed by atoms with Crippen LogP contribution in [-0.2, 0) is 0 Å². The molecule has 0 aliphatic rings. The van der Waals surface area contributed by atoms with Crippen LogP contribution < -0.4 is 5.32 Å². The van der Waals surface area contributed by atoms with Crippen LogP contribution in [0.2, 0.25) is 5.02 Å². The minimum atomic E-state index is -0.205. The maximum absolute atomic E-state index is 12.5. The van der Waals surface area contributed by atoms with E-state index in [1.165, 1.54) is 11.3 Å². The fraction of sp³-hybridized carbons (Fsp3) is 0. The van der Waals surface area contributed by atoms with Crippen molar-refractivity contribution in [2.24, 2.45) is 0 Å². The van der Waals surface area contributed by atoms with E-state index < -0.39 is 0 Å². The molecule has 1 aromatic heterocycles. The molecule has 0 spiro atoms. The van der Waals surface area contributed by atoms with Crippen molar-refractivity contribution in [2.75, 3.05) is 5.32 Å². The summed E-state index contributed by atoms with van der Waals surface area (Å²) < 4.78 is 2.71. The summed E-state index contributed by atoms with van der Waals surface area (Å²) in [5.41, 5.74) is 3.59. The second-order valence-corrected chi connectivity index (χ2v) is 7.57. The van der Waals surface area contributed by atoms with Crippen LogP contribution in [0.15, 0.2) is 40.3 Å². The lowest BCUT2D eigenvalue weighted by Gasteiger charge is -2.09. The molecule has 106 valence electrons. The third kappa shape index (κ3) is 3.08. The summed E-state index contributed by atoms with van der Waals surface area (Å²) in [6.07, 6.45) is 0. The summed E-state index contributed by atoms with van der Waals surface area (Å²) in [6, 6.07) is 9.22. The van der Waals surface area contributed by atoms with E-state index in [1.54, 1.807) is 17.6 Å². The molecule has 0 saturated carbocycles. The minimum Gasteiger partial charge on any atom is -0.319 e. The molecule has 2 aromatic carbocycles. The van der Waals surface area contributed by atoms with E-state index in [2.05, 4.69) is 48.8 Å². The van der Waals surface area contributed by atoms with Crippen LogP contribution in [0.25, 0.3) is 10.2 Å². The minimum absolute atomic E-state index is 0.205. The SMILES string of the molecule is O=C(Nc1c(Cl)ccc2scnc12)c1cc(Br)ccc1I. The number of halogens is 3. The Bertz CT molecular complexity index is 852. The van der Waals surface area contributed by atoms with Gasteiger partial charge in [-0.2, -0.15) is 0 Å². The first-order valence-electron chi connectivity index (χ1n) is 5.84. The molecule has 3 nitrogen and oxygen atoms in total. The Kier molecular flexibility index (Phi) is 4.49. The third-order valence-electron chi connectivity index (χ3n) is 2.86. The van der Waals surface area contributed by atoms with E-state index in [0.29, 0.717) is 21.8 Å². The first-order valence-corrected chi connectivity index (χ1v) is 8.97. The highest BCUT2D eigenvalue weighted by Crippen LogP contribution is 2.33. The van der Waals surface area contributed by atoms with Crippen LogP contribution in [0.5, 0.6) is 0 Å². The van der Waals surface area contributed by atoms with Gasteiger partial charge in [0.15, 0.2) is 0 Å². The molecule has 0 fully saturated rings. The van der Waals surface area contributed by atoms with Gasteiger partial charge in [0.25, 0.3) is 5.91 Å². The zero-order valence-electron chi connectivity index (χ0n) is 10.4. The normalized spacial score (nSPS) is 10.8. The lowest BCUT2D eigenvalue weighted by atomic mass is 10.2. The van der Waals surface area contributed by atoms with Gasteiger partial charge < -0.3 is 5.32 Å². The number of aromatic nitrogens is 1. The van der Waals surface area contributed by atoms with Crippen molar-refractivity contribution in [1.82, 2.24) is 4.98 Å². The molecule has 0 unspecified atom stereocenters. The van der Waals surface area contributed by atoms with E-state index in [-0.39, 0.29) is 5.91 Å². The number of amides is 1. The number of fused-ring (bicyclic) bond motifs is 1. The second-order valence-electron chi connectivity index (χ2n) is 4.20. The van der Waals surface area contributed by atoms with Crippen LogP contribution >= 0.6 is 61.5 Å². The van der Waals surface area contributed by atoms with E-state index in [0.717, 1.165) is 12.7 Å². The van der Waals surface area contributed by atoms with Gasteiger partial charge in [-0.15, -0.1) is 11.3 Å². The summed E-state index contributed by atoms with van der Waals surface area (Å²) >= 11 is 13.2. The number of hydrogen-bond acceptors (Lipinski definition) is 3. The topological polar surface area (TPSA) is 42.0 Å². The summed E-state index contributed by atoms with van der Waals surface area (Å²) in [7, 11) is 0. The van der Waals surface area contributed by atoms with E-state index in [1.807, 2.05) is 18.2 Å². The molecule has 0 radical (unpaired) electrons. The van der Waals surface area contributed by atoms with E-state index in [9.17, 15) is 4.79 Å². The number of anilines is 1. The Hall–Kier alpha value is -0.700. The Balaban J connectivity index is 2.02. The molecule has 1 N–H and O–H groups in total. The quantitative estimate of drug-likeness (QED) is 0.475. The number of nitrogens with one attached hydrogen (secondary N) is 1. The number of rotatable bonds is 2. The predicted octanol–water partition coefficient (Wildman–Crippen LogP) is 5.57. The van der Waals surface area contributed by atoms with Gasteiger partial charge in [0.1, 0.15) is 5.52 Å². The van der Waals surface area contributed by atoms with Crippen molar-refractivity contribution in [3.8, 4) is 0 Å². The highest BCUT2D eigenvalue weighted by molar-refractivity contribution is 14.1. The third-order valence-corrected chi connectivity index (χ3v) is 5.41. The number of benzene rings is 2. The molecule has 0 saturated heterocycles. The maximum atomic E-state index is 12.5. The van der Waals surface area contributed by atoms with Gasteiger partial charge in [-0.25, -0.2) is 4.98 Å². The van der Waals surface area contributed by atoms with Crippen molar-refractivity contribution in [2.45, 2.75) is 0 Å². The van der Waals surface area contributed by atoms with Crippen molar-refractivity contribution < 1.29 is 4.79 Å². The van der Waals surface area contributed by atoms with Crippen molar-refractivity contribution in [3.05, 3.63) is 54.5 Å². The number of hydrogen-bond donors (Lipinski definition) is 1. The van der Waals surface area contributed by atoms with Gasteiger partial charge in [-0.1, -0.05) is 27.5 Å². The molecule has 3 aromatic rings. The Morgan fingerprint density at radius 2 is 2.14 bits per heavy atom. The van der Waals surface area contributed by atoms with Gasteiger partial charge >= 0.3 is 0 Å². The van der Waals surface area contributed by atoms with Crippen LogP contribution in [-0.4, -0.2) is 10.9 Å². The first kappa shape index (κ1) is 15.2. The standard InChI is InChI=1S/C14H7BrClIN2OS/c15-7-1-3-10(17)8(5-7)14(20)19-12-9(16)2-4-11-13(12)18-6-21-11/h1-6H,(H,19,20). The molecule has 0 aliphatic carbocycles. The Morgan fingerprint density at radius 3 is 2.95 bits per heavy atom. The molecule has 21 heavy (non-hydrogen) atoms. The zero-order chi connectivity index (χ0) is 15.0. The predicted molar refractivity (Wildman–Crippen MR) is 99.4 cm³/mol. The molecule has 0 bridgehead atoms. The zero-order valence-corrected chi connectivity index (χ0v) is 15.7. The Labute approximate surface area is 152 Å². The monoisotopic (exact) mass is 492 g/mol. The molecule has 1 amide bonds. The number of carbonyl (C=O) groups is 1. The highest BCUT2D eigenvalue weighted by atomic mass is 127. The first-order chi connectivity index (χ1) is 10.1.